The van der Waals surface area contributed by atoms with Crippen LogP contribution >= 0.6 is 0 Å². The van der Waals surface area contributed by atoms with Crippen LogP contribution in [-0.4, -0.2) is 25.3 Å². The number of carbonyl (C=O) groups is 1. The molecule has 1 aliphatic rings. The van der Waals surface area contributed by atoms with Gasteiger partial charge in [0, 0.05) is 17.4 Å². The topological polar surface area (TPSA) is 55.1 Å². The van der Waals surface area contributed by atoms with Crippen molar-refractivity contribution in [2.45, 2.75) is 46.7 Å². The van der Waals surface area contributed by atoms with Gasteiger partial charge >= 0.3 is 6.03 Å². The zero-order chi connectivity index (χ0) is 27.1. The monoisotopic (exact) mass is 515 g/mol. The van der Waals surface area contributed by atoms with Gasteiger partial charge in [0.1, 0.15) is 5.82 Å². The fraction of sp³-hybridized carbons (Fsp3) is 0.212. The molecule has 1 aliphatic heterocycles. The smallest absolute Gasteiger partial charge is 0.308 e. The molecule has 196 valence electrons. The predicted molar refractivity (Wildman–Crippen MR) is 156 cm³/mol. The minimum absolute atomic E-state index is 0.138. The molecule has 3 heterocycles. The van der Waals surface area contributed by atoms with Gasteiger partial charge in [-0.1, -0.05) is 61.5 Å². The van der Waals surface area contributed by atoms with Gasteiger partial charge in [0.25, 0.3) is 0 Å². The molecular formula is C33H33N5O. The highest BCUT2D eigenvalue weighted by molar-refractivity contribution is 5.91. The Bertz CT molecular complexity index is 1650. The third-order valence-corrected chi connectivity index (χ3v) is 7.90. The summed E-state index contributed by atoms with van der Waals surface area (Å²) in [6.07, 6.45) is 3.05. The molecule has 0 saturated carbocycles. The molecule has 2 amide bonds. The molecule has 1 unspecified atom stereocenters. The van der Waals surface area contributed by atoms with E-state index in [0.717, 1.165) is 57.3 Å². The lowest BCUT2D eigenvalue weighted by Crippen LogP contribution is -2.38. The first-order chi connectivity index (χ1) is 19.0. The number of urea groups is 1. The molecule has 39 heavy (non-hydrogen) atoms. The molecule has 6 heteroatoms. The van der Waals surface area contributed by atoms with Gasteiger partial charge in [0.05, 0.1) is 29.7 Å². The van der Waals surface area contributed by atoms with Crippen LogP contribution in [0.15, 0.2) is 91.1 Å². The van der Waals surface area contributed by atoms with E-state index in [4.69, 9.17) is 5.10 Å². The second kappa shape index (κ2) is 9.95. The Morgan fingerprint density at radius 3 is 2.44 bits per heavy atom. The van der Waals surface area contributed by atoms with Crippen LogP contribution in [0.4, 0.5) is 10.5 Å². The second-order valence-electron chi connectivity index (χ2n) is 10.2. The van der Waals surface area contributed by atoms with Gasteiger partial charge in [-0.05, 0) is 79.8 Å². The maximum absolute atomic E-state index is 14.2. The van der Waals surface area contributed by atoms with Crippen LogP contribution in [0.5, 0.6) is 0 Å². The summed E-state index contributed by atoms with van der Waals surface area (Å²) in [4.78, 5) is 16.1. The summed E-state index contributed by atoms with van der Waals surface area (Å²) in [5.41, 5.74) is 9.33. The van der Waals surface area contributed by atoms with Crippen LogP contribution < -0.4 is 5.32 Å². The molecule has 0 fully saturated rings. The van der Waals surface area contributed by atoms with Crippen LogP contribution in [0.1, 0.15) is 52.2 Å². The summed E-state index contributed by atoms with van der Waals surface area (Å²) in [5, 5.41) is 8.18. The predicted octanol–water partition coefficient (Wildman–Crippen LogP) is 7.29. The van der Waals surface area contributed by atoms with Gasteiger partial charge in [-0.25, -0.2) is 9.48 Å². The van der Waals surface area contributed by atoms with Gasteiger partial charge in [-0.15, -0.1) is 0 Å². The zero-order valence-corrected chi connectivity index (χ0v) is 22.8. The number of carbonyl (C=O) groups excluding carboxylic acids is 1. The molecule has 2 aromatic heterocycles. The van der Waals surface area contributed by atoms with Crippen molar-refractivity contribution < 1.29 is 4.79 Å². The van der Waals surface area contributed by atoms with E-state index < -0.39 is 0 Å². The molecule has 1 N–H and O–H groups in total. The maximum atomic E-state index is 14.2. The largest absolute Gasteiger partial charge is 0.322 e. The van der Waals surface area contributed by atoms with Crippen molar-refractivity contribution in [3.8, 4) is 11.5 Å². The van der Waals surface area contributed by atoms with Crippen LogP contribution in [0.25, 0.3) is 11.5 Å². The van der Waals surface area contributed by atoms with Crippen molar-refractivity contribution in [3.63, 3.8) is 0 Å². The van der Waals surface area contributed by atoms with Crippen LogP contribution in [0, 0.1) is 20.8 Å². The first kappa shape index (κ1) is 24.7. The summed E-state index contributed by atoms with van der Waals surface area (Å²) < 4.78 is 4.20. The Hall–Kier alpha value is -4.58. The number of aromatic nitrogens is 3. The average Bonchev–Trinajstić information content (AvgIpc) is 3.52. The molecule has 3 aromatic carbocycles. The van der Waals surface area contributed by atoms with Gasteiger partial charge < -0.3 is 14.8 Å². The number of fused-ring (bicyclic) bond motifs is 3. The van der Waals surface area contributed by atoms with E-state index in [1.54, 1.807) is 0 Å². The number of rotatable bonds is 4. The molecule has 5 aromatic rings. The summed E-state index contributed by atoms with van der Waals surface area (Å²) in [5.74, 6) is 0.968. The number of hydrogen-bond acceptors (Lipinski definition) is 2. The summed E-state index contributed by atoms with van der Waals surface area (Å²) in [7, 11) is 0. The third-order valence-electron chi connectivity index (χ3n) is 7.90. The van der Waals surface area contributed by atoms with E-state index in [2.05, 4.69) is 84.5 Å². The Morgan fingerprint density at radius 2 is 1.69 bits per heavy atom. The van der Waals surface area contributed by atoms with Crippen molar-refractivity contribution >= 4 is 11.7 Å². The number of amides is 2. The molecule has 0 saturated heterocycles. The van der Waals surface area contributed by atoms with Crippen LogP contribution in [-0.2, 0) is 13.0 Å². The van der Waals surface area contributed by atoms with Crippen LogP contribution in [0.3, 0.4) is 0 Å². The number of nitrogens with one attached hydrogen (secondary N) is 1. The van der Waals surface area contributed by atoms with E-state index in [-0.39, 0.29) is 12.1 Å². The number of benzene rings is 3. The third kappa shape index (κ3) is 4.32. The highest BCUT2D eigenvalue weighted by Crippen LogP contribution is 2.39. The van der Waals surface area contributed by atoms with E-state index in [1.807, 2.05) is 53.8 Å². The Kier molecular flexibility index (Phi) is 6.31. The molecule has 0 aliphatic carbocycles. The van der Waals surface area contributed by atoms with E-state index in [9.17, 15) is 4.79 Å². The van der Waals surface area contributed by atoms with Gasteiger partial charge in [0.2, 0.25) is 0 Å². The van der Waals surface area contributed by atoms with Gasteiger partial charge in [-0.3, -0.25) is 0 Å². The zero-order valence-electron chi connectivity index (χ0n) is 22.8. The number of hydrogen-bond donors (Lipinski definition) is 1. The molecule has 1 atom stereocenters. The lowest BCUT2D eigenvalue weighted by atomic mass is 9.99. The fourth-order valence-corrected chi connectivity index (χ4v) is 5.51. The maximum Gasteiger partial charge on any atom is 0.322 e. The number of para-hydroxylation sites is 1. The minimum Gasteiger partial charge on any atom is -0.308 e. The first-order valence-electron chi connectivity index (χ1n) is 13.5. The number of nitrogens with zero attached hydrogens (tertiary/aromatic N) is 4. The molecular weight excluding hydrogens is 482 g/mol. The highest BCUT2D eigenvalue weighted by Gasteiger charge is 2.36. The number of aryl methyl sites for hydroxylation is 3. The SMILES string of the molecule is CCc1ccc(C2c3cccn3-c3c(c(C)nn3-c3ccccc3)CN2C(=O)Nc2cccc(C)c2C)cc1. The molecule has 0 radical (unpaired) electrons. The molecule has 6 rings (SSSR count). The molecule has 0 bridgehead atoms. The molecule has 0 spiro atoms. The van der Waals surface area contributed by atoms with Crippen molar-refractivity contribution in [2.24, 2.45) is 0 Å². The van der Waals surface area contributed by atoms with Crippen molar-refractivity contribution in [1.29, 1.82) is 0 Å². The van der Waals surface area contributed by atoms with E-state index >= 15 is 0 Å². The first-order valence-corrected chi connectivity index (χ1v) is 13.5. The minimum atomic E-state index is -0.285. The Balaban J connectivity index is 1.53. The fourth-order valence-electron chi connectivity index (χ4n) is 5.51. The summed E-state index contributed by atoms with van der Waals surface area (Å²) >= 11 is 0. The van der Waals surface area contributed by atoms with Crippen LogP contribution in [0.2, 0.25) is 0 Å². The van der Waals surface area contributed by atoms with Gasteiger partial charge in [0.15, 0.2) is 0 Å². The number of anilines is 1. The Morgan fingerprint density at radius 1 is 0.923 bits per heavy atom. The van der Waals surface area contributed by atoms with Crippen molar-refractivity contribution in [2.75, 3.05) is 5.32 Å². The standard InChI is InChI=1S/C33H33N5O/c1-5-25-16-18-26(19-17-25)31-30-15-10-20-36(30)32-28(24(4)35-38(32)27-12-7-6-8-13-27)21-37(31)33(39)34-29-14-9-11-22(2)23(29)3/h6-20,31H,5,21H2,1-4H3,(H,34,39). The van der Waals surface area contributed by atoms with Crippen molar-refractivity contribution in [1.82, 2.24) is 19.2 Å². The normalized spacial score (nSPS) is 14.5. The van der Waals surface area contributed by atoms with Gasteiger partial charge in [-0.2, -0.15) is 5.10 Å². The van der Waals surface area contributed by atoms with E-state index in [0.29, 0.717) is 6.54 Å². The summed E-state index contributed by atoms with van der Waals surface area (Å²) in [6.45, 7) is 8.72. The Labute approximate surface area is 229 Å². The summed E-state index contributed by atoms with van der Waals surface area (Å²) in [6, 6.07) is 28.6. The van der Waals surface area contributed by atoms with E-state index in [1.165, 1.54) is 5.56 Å². The second-order valence-corrected chi connectivity index (χ2v) is 10.2. The molecule has 6 nitrogen and oxygen atoms in total. The lowest BCUT2D eigenvalue weighted by molar-refractivity contribution is 0.194. The quantitative estimate of drug-likeness (QED) is 0.273. The lowest BCUT2D eigenvalue weighted by Gasteiger charge is -2.31. The van der Waals surface area contributed by atoms with Crippen molar-refractivity contribution in [3.05, 3.63) is 130 Å². The highest BCUT2D eigenvalue weighted by atomic mass is 16.2. The average molecular weight is 516 g/mol.